The Morgan fingerprint density at radius 3 is 2.52 bits per heavy atom. The van der Waals surface area contributed by atoms with E-state index in [1.54, 1.807) is 0 Å². The Bertz CT molecular complexity index is 557. The average molecular weight is 289 g/mol. The number of oxime groups is 1. The van der Waals surface area contributed by atoms with Crippen molar-refractivity contribution in [1.82, 2.24) is 5.32 Å². The Hall–Kier alpha value is -2.04. The fourth-order valence-corrected chi connectivity index (χ4v) is 2.48. The van der Waals surface area contributed by atoms with Crippen molar-refractivity contribution in [3.8, 4) is 0 Å². The van der Waals surface area contributed by atoms with E-state index >= 15 is 0 Å². The predicted octanol–water partition coefficient (Wildman–Crippen LogP) is 2.24. The summed E-state index contributed by atoms with van der Waals surface area (Å²) < 4.78 is 0. The maximum atomic E-state index is 12.6. The van der Waals surface area contributed by atoms with Crippen LogP contribution in [0.15, 0.2) is 29.4 Å². The third-order valence-electron chi connectivity index (χ3n) is 3.79. The first-order valence-corrected chi connectivity index (χ1v) is 7.22. The molecule has 0 heterocycles. The van der Waals surface area contributed by atoms with Crippen LogP contribution in [0.3, 0.4) is 0 Å². The van der Waals surface area contributed by atoms with E-state index < -0.39 is 6.04 Å². The van der Waals surface area contributed by atoms with E-state index in [1.165, 1.54) is 0 Å². The van der Waals surface area contributed by atoms with E-state index in [-0.39, 0.29) is 23.1 Å². The van der Waals surface area contributed by atoms with Gasteiger partial charge in [0.1, 0.15) is 0 Å². The van der Waals surface area contributed by atoms with Crippen LogP contribution in [0, 0.1) is 5.92 Å². The molecule has 0 aromatic heterocycles. The van der Waals surface area contributed by atoms with E-state index in [1.807, 2.05) is 24.3 Å². The lowest BCUT2D eigenvalue weighted by Crippen LogP contribution is -2.46. The smallest absolute Gasteiger partial charge is 0.252 e. The van der Waals surface area contributed by atoms with Crippen LogP contribution in [0.5, 0.6) is 0 Å². The standard InChI is InChI=1S/C16H23N3O2/c1-16(2,3)12-7-5-4-6-11(12)15(20)18-13(10-8-9-10)14(17)19-21/h4-7,10,13,21H,8-9H2,1-3H3,(H2,17,19)(H,18,20). The fraction of sp³-hybridized carbons (Fsp3) is 0.500. The second kappa shape index (κ2) is 5.76. The third-order valence-corrected chi connectivity index (χ3v) is 3.79. The van der Waals surface area contributed by atoms with E-state index in [4.69, 9.17) is 10.9 Å². The van der Waals surface area contributed by atoms with E-state index in [2.05, 4.69) is 31.2 Å². The molecule has 5 heteroatoms. The minimum atomic E-state index is -0.393. The van der Waals surface area contributed by atoms with Crippen LogP contribution >= 0.6 is 0 Å². The van der Waals surface area contributed by atoms with Gasteiger partial charge >= 0.3 is 0 Å². The number of rotatable bonds is 4. The van der Waals surface area contributed by atoms with Crippen LogP contribution in [0.4, 0.5) is 0 Å². The highest BCUT2D eigenvalue weighted by atomic mass is 16.4. The number of carbonyl (C=O) groups is 1. The summed E-state index contributed by atoms with van der Waals surface area (Å²) in [5, 5.41) is 14.8. The highest BCUT2D eigenvalue weighted by molar-refractivity contribution is 5.99. The van der Waals surface area contributed by atoms with Crippen LogP contribution in [0.2, 0.25) is 0 Å². The number of carbonyl (C=O) groups excluding carboxylic acids is 1. The van der Waals surface area contributed by atoms with Crippen molar-refractivity contribution in [2.75, 3.05) is 0 Å². The molecule has 0 spiro atoms. The van der Waals surface area contributed by atoms with Gasteiger partial charge in [0, 0.05) is 5.56 Å². The molecule has 0 saturated heterocycles. The maximum Gasteiger partial charge on any atom is 0.252 e. The molecule has 0 radical (unpaired) electrons. The average Bonchev–Trinajstić information content (AvgIpc) is 3.27. The van der Waals surface area contributed by atoms with Gasteiger partial charge in [-0.1, -0.05) is 44.1 Å². The summed E-state index contributed by atoms with van der Waals surface area (Å²) in [4.78, 5) is 12.6. The molecule has 0 bridgehead atoms. The number of hydrogen-bond donors (Lipinski definition) is 3. The summed E-state index contributed by atoms with van der Waals surface area (Å²) in [5.41, 5.74) is 7.19. The zero-order chi connectivity index (χ0) is 15.6. The summed E-state index contributed by atoms with van der Waals surface area (Å²) in [7, 11) is 0. The second-order valence-corrected chi connectivity index (χ2v) is 6.61. The van der Waals surface area contributed by atoms with E-state index in [0.29, 0.717) is 5.56 Å². The molecule has 1 fully saturated rings. The molecule has 5 nitrogen and oxygen atoms in total. The Morgan fingerprint density at radius 1 is 1.38 bits per heavy atom. The second-order valence-electron chi connectivity index (χ2n) is 6.61. The van der Waals surface area contributed by atoms with Crippen molar-refractivity contribution in [2.24, 2.45) is 16.8 Å². The molecule has 0 aliphatic heterocycles. The Labute approximate surface area is 125 Å². The molecule has 2 rings (SSSR count). The molecule has 1 aliphatic carbocycles. The molecular weight excluding hydrogens is 266 g/mol. The van der Waals surface area contributed by atoms with Crippen LogP contribution in [-0.2, 0) is 5.41 Å². The van der Waals surface area contributed by atoms with Crippen molar-refractivity contribution in [2.45, 2.75) is 45.1 Å². The van der Waals surface area contributed by atoms with Crippen LogP contribution in [0.25, 0.3) is 0 Å². The minimum absolute atomic E-state index is 0.0686. The number of benzene rings is 1. The Balaban J connectivity index is 2.24. The number of nitrogens with one attached hydrogen (secondary N) is 1. The van der Waals surface area contributed by atoms with Gasteiger partial charge in [-0.15, -0.1) is 0 Å². The summed E-state index contributed by atoms with van der Waals surface area (Å²) >= 11 is 0. The highest BCUT2D eigenvalue weighted by Crippen LogP contribution is 2.33. The molecule has 1 aromatic carbocycles. The fourth-order valence-electron chi connectivity index (χ4n) is 2.48. The minimum Gasteiger partial charge on any atom is -0.409 e. The quantitative estimate of drug-likeness (QED) is 0.344. The molecule has 4 N–H and O–H groups in total. The molecule has 1 saturated carbocycles. The number of amides is 1. The number of nitrogens with zero attached hydrogens (tertiary/aromatic N) is 1. The normalized spacial score (nSPS) is 17.4. The van der Waals surface area contributed by atoms with E-state index in [0.717, 1.165) is 18.4 Å². The van der Waals surface area contributed by atoms with Gasteiger partial charge in [-0.05, 0) is 35.8 Å². The molecule has 114 valence electrons. The van der Waals surface area contributed by atoms with Gasteiger partial charge in [-0.3, -0.25) is 4.79 Å². The van der Waals surface area contributed by atoms with Gasteiger partial charge in [0.05, 0.1) is 6.04 Å². The lowest BCUT2D eigenvalue weighted by atomic mass is 9.83. The van der Waals surface area contributed by atoms with Crippen molar-refractivity contribution >= 4 is 11.7 Å². The SMILES string of the molecule is CC(C)(C)c1ccccc1C(=O)NC(/C(N)=N/O)C1CC1. The lowest BCUT2D eigenvalue weighted by molar-refractivity contribution is 0.0940. The summed E-state index contributed by atoms with van der Waals surface area (Å²) in [6.07, 6.45) is 1.98. The topological polar surface area (TPSA) is 87.7 Å². The van der Waals surface area contributed by atoms with Gasteiger partial charge in [0.2, 0.25) is 0 Å². The van der Waals surface area contributed by atoms with Crippen molar-refractivity contribution in [3.05, 3.63) is 35.4 Å². The third kappa shape index (κ3) is 3.54. The first-order chi connectivity index (χ1) is 9.84. The monoisotopic (exact) mass is 289 g/mol. The summed E-state index contributed by atoms with van der Waals surface area (Å²) in [6.45, 7) is 6.21. The van der Waals surface area contributed by atoms with Gasteiger partial charge in [-0.2, -0.15) is 0 Å². The zero-order valence-corrected chi connectivity index (χ0v) is 12.8. The molecule has 1 atom stereocenters. The molecule has 1 unspecified atom stereocenters. The van der Waals surface area contributed by atoms with Crippen molar-refractivity contribution < 1.29 is 10.0 Å². The largest absolute Gasteiger partial charge is 0.409 e. The number of nitrogens with two attached hydrogens (primary N) is 1. The summed E-state index contributed by atoms with van der Waals surface area (Å²) in [5.74, 6) is 0.162. The predicted molar refractivity (Wildman–Crippen MR) is 82.5 cm³/mol. The number of hydrogen-bond acceptors (Lipinski definition) is 3. The zero-order valence-electron chi connectivity index (χ0n) is 12.8. The number of amidine groups is 1. The van der Waals surface area contributed by atoms with Gasteiger partial charge in [-0.25, -0.2) is 0 Å². The maximum absolute atomic E-state index is 12.6. The van der Waals surface area contributed by atoms with Crippen LogP contribution < -0.4 is 11.1 Å². The van der Waals surface area contributed by atoms with Crippen molar-refractivity contribution in [3.63, 3.8) is 0 Å². The Morgan fingerprint density at radius 2 is 2.00 bits per heavy atom. The van der Waals surface area contributed by atoms with Gasteiger partial charge in [0.25, 0.3) is 5.91 Å². The molecule has 1 aromatic rings. The van der Waals surface area contributed by atoms with Gasteiger partial charge < -0.3 is 16.3 Å². The van der Waals surface area contributed by atoms with Gasteiger partial charge in [0.15, 0.2) is 5.84 Å². The first kappa shape index (κ1) is 15.4. The highest BCUT2D eigenvalue weighted by Gasteiger charge is 2.36. The Kier molecular flexibility index (Phi) is 4.21. The first-order valence-electron chi connectivity index (χ1n) is 7.22. The summed E-state index contributed by atoms with van der Waals surface area (Å²) in [6, 6.07) is 7.16. The van der Waals surface area contributed by atoms with Crippen molar-refractivity contribution in [1.29, 1.82) is 0 Å². The van der Waals surface area contributed by atoms with E-state index in [9.17, 15) is 4.79 Å². The molecule has 21 heavy (non-hydrogen) atoms. The van der Waals surface area contributed by atoms with Crippen LogP contribution in [0.1, 0.15) is 49.5 Å². The van der Waals surface area contributed by atoms with Crippen LogP contribution in [-0.4, -0.2) is 23.0 Å². The molecular formula is C16H23N3O2. The lowest BCUT2D eigenvalue weighted by Gasteiger charge is -2.24. The molecule has 1 amide bonds. The molecule has 1 aliphatic rings.